The van der Waals surface area contributed by atoms with Crippen molar-refractivity contribution in [3.63, 3.8) is 0 Å². The lowest BCUT2D eigenvalue weighted by Gasteiger charge is -2.26. The lowest BCUT2D eigenvalue weighted by molar-refractivity contribution is 0.221. The predicted molar refractivity (Wildman–Crippen MR) is 99.8 cm³/mol. The van der Waals surface area contributed by atoms with Crippen molar-refractivity contribution in [3.8, 4) is 0 Å². The predicted octanol–water partition coefficient (Wildman–Crippen LogP) is 3.16. The Morgan fingerprint density at radius 2 is 1.68 bits per heavy atom. The zero-order chi connectivity index (χ0) is 17.1. The molecular weight excluding hydrogens is 310 g/mol. The van der Waals surface area contributed by atoms with Crippen molar-refractivity contribution >= 4 is 0 Å². The molecule has 0 saturated carbocycles. The van der Waals surface area contributed by atoms with Crippen molar-refractivity contribution in [3.05, 3.63) is 63.3 Å². The van der Waals surface area contributed by atoms with Gasteiger partial charge in [-0.25, -0.2) is 4.98 Å². The van der Waals surface area contributed by atoms with Gasteiger partial charge in [-0.2, -0.15) is 0 Å². The molecule has 0 amide bonds. The Kier molecular flexibility index (Phi) is 4.97. The van der Waals surface area contributed by atoms with Crippen molar-refractivity contribution in [2.45, 2.75) is 58.0 Å². The molecule has 4 nitrogen and oxygen atoms in total. The van der Waals surface area contributed by atoms with E-state index in [0.717, 1.165) is 43.5 Å². The second-order valence-electron chi connectivity index (χ2n) is 7.47. The van der Waals surface area contributed by atoms with Gasteiger partial charge in [0.2, 0.25) is 0 Å². The summed E-state index contributed by atoms with van der Waals surface area (Å²) in [6, 6.07) is 8.68. The molecule has 4 rings (SSSR count). The Labute approximate surface area is 149 Å². The van der Waals surface area contributed by atoms with Crippen LogP contribution in [0.1, 0.15) is 54.5 Å². The van der Waals surface area contributed by atoms with E-state index in [1.807, 2.05) is 0 Å². The average Bonchev–Trinajstić information content (AvgIpc) is 2.65. The minimum Gasteiger partial charge on any atom is -0.299 e. The molecule has 0 spiro atoms. The first-order valence-electron chi connectivity index (χ1n) is 9.67. The molecule has 0 radical (unpaired) electrons. The maximum atomic E-state index is 12.7. The standard InChI is InChI=1S/C21H27N3O/c25-21-19-9-2-3-10-20(19)22-16-24(21)15-18-8-6-7-17(13-18)14-23-11-4-1-5-12-23/h6-8,13,16H,1-5,9-12,14-15H2. The summed E-state index contributed by atoms with van der Waals surface area (Å²) in [4.78, 5) is 19.8. The van der Waals surface area contributed by atoms with Crippen molar-refractivity contribution in [2.75, 3.05) is 13.1 Å². The molecule has 25 heavy (non-hydrogen) atoms. The fraction of sp³-hybridized carbons (Fsp3) is 0.524. The Bertz CT molecular complexity index is 790. The molecule has 2 heterocycles. The first kappa shape index (κ1) is 16.5. The summed E-state index contributed by atoms with van der Waals surface area (Å²) in [5.41, 5.74) is 4.66. The molecule has 1 aliphatic carbocycles. The Balaban J connectivity index is 1.51. The zero-order valence-electron chi connectivity index (χ0n) is 14.9. The second kappa shape index (κ2) is 7.52. The highest BCUT2D eigenvalue weighted by Gasteiger charge is 2.16. The number of piperidine rings is 1. The lowest BCUT2D eigenvalue weighted by atomic mass is 9.97. The fourth-order valence-corrected chi connectivity index (χ4v) is 4.14. The van der Waals surface area contributed by atoms with Crippen LogP contribution in [0.5, 0.6) is 0 Å². The van der Waals surface area contributed by atoms with E-state index < -0.39 is 0 Å². The Morgan fingerprint density at radius 3 is 2.52 bits per heavy atom. The van der Waals surface area contributed by atoms with E-state index in [4.69, 9.17) is 0 Å². The van der Waals surface area contributed by atoms with E-state index in [9.17, 15) is 4.79 Å². The number of hydrogen-bond acceptors (Lipinski definition) is 3. The van der Waals surface area contributed by atoms with Crippen molar-refractivity contribution in [2.24, 2.45) is 0 Å². The number of rotatable bonds is 4. The van der Waals surface area contributed by atoms with Gasteiger partial charge in [-0.15, -0.1) is 0 Å². The number of nitrogens with zero attached hydrogens (tertiary/aromatic N) is 3. The van der Waals surface area contributed by atoms with Crippen LogP contribution in [0.4, 0.5) is 0 Å². The number of likely N-dealkylation sites (tertiary alicyclic amines) is 1. The summed E-state index contributed by atoms with van der Waals surface area (Å²) < 4.78 is 1.78. The molecule has 1 aromatic carbocycles. The molecule has 4 heteroatoms. The molecule has 0 N–H and O–H groups in total. The summed E-state index contributed by atoms with van der Waals surface area (Å²) in [6.45, 7) is 4.05. The SMILES string of the molecule is O=c1c2c(ncn1Cc1cccc(CN3CCCCC3)c1)CCCC2. The maximum absolute atomic E-state index is 12.7. The van der Waals surface area contributed by atoms with Crippen LogP contribution in [-0.4, -0.2) is 27.5 Å². The van der Waals surface area contributed by atoms with Gasteiger partial charge in [-0.05, 0) is 62.7 Å². The number of aromatic nitrogens is 2. The highest BCUT2D eigenvalue weighted by atomic mass is 16.1. The number of fused-ring (bicyclic) bond motifs is 1. The van der Waals surface area contributed by atoms with Crippen LogP contribution in [0.2, 0.25) is 0 Å². The summed E-state index contributed by atoms with van der Waals surface area (Å²) in [5, 5.41) is 0. The molecule has 0 unspecified atom stereocenters. The van der Waals surface area contributed by atoms with E-state index in [0.29, 0.717) is 6.54 Å². The van der Waals surface area contributed by atoms with Gasteiger partial charge in [0, 0.05) is 12.1 Å². The minimum atomic E-state index is 0.158. The van der Waals surface area contributed by atoms with Crippen LogP contribution in [0, 0.1) is 0 Å². The van der Waals surface area contributed by atoms with Crippen LogP contribution < -0.4 is 5.56 Å². The largest absolute Gasteiger partial charge is 0.299 e. The molecular formula is C21H27N3O. The molecule has 0 bridgehead atoms. The molecule has 1 aliphatic heterocycles. The smallest absolute Gasteiger partial charge is 0.257 e. The monoisotopic (exact) mass is 337 g/mol. The van der Waals surface area contributed by atoms with Crippen molar-refractivity contribution < 1.29 is 0 Å². The molecule has 1 saturated heterocycles. The van der Waals surface area contributed by atoms with E-state index in [-0.39, 0.29) is 5.56 Å². The summed E-state index contributed by atoms with van der Waals surface area (Å²) in [6.07, 6.45) is 9.84. The quantitative estimate of drug-likeness (QED) is 0.860. The summed E-state index contributed by atoms with van der Waals surface area (Å²) >= 11 is 0. The van der Waals surface area contributed by atoms with E-state index >= 15 is 0 Å². The first-order valence-corrected chi connectivity index (χ1v) is 9.67. The molecule has 132 valence electrons. The minimum absolute atomic E-state index is 0.158. The van der Waals surface area contributed by atoms with Crippen LogP contribution in [-0.2, 0) is 25.9 Å². The molecule has 2 aliphatic rings. The third-order valence-corrected chi connectivity index (χ3v) is 5.51. The van der Waals surface area contributed by atoms with Crippen LogP contribution in [0.3, 0.4) is 0 Å². The first-order chi connectivity index (χ1) is 12.3. The summed E-state index contributed by atoms with van der Waals surface area (Å²) in [7, 11) is 0. The summed E-state index contributed by atoms with van der Waals surface area (Å²) in [5.74, 6) is 0. The second-order valence-corrected chi connectivity index (χ2v) is 7.47. The van der Waals surface area contributed by atoms with E-state index in [1.54, 1.807) is 10.9 Å². The van der Waals surface area contributed by atoms with Gasteiger partial charge in [-0.1, -0.05) is 30.7 Å². The molecule has 1 fully saturated rings. The van der Waals surface area contributed by atoms with Crippen LogP contribution >= 0.6 is 0 Å². The third kappa shape index (κ3) is 3.84. The van der Waals surface area contributed by atoms with Gasteiger partial charge >= 0.3 is 0 Å². The zero-order valence-corrected chi connectivity index (χ0v) is 14.9. The van der Waals surface area contributed by atoms with Crippen molar-refractivity contribution in [1.82, 2.24) is 14.5 Å². The molecule has 1 aromatic heterocycles. The topological polar surface area (TPSA) is 38.1 Å². The molecule has 2 aromatic rings. The highest BCUT2D eigenvalue weighted by Crippen LogP contribution is 2.17. The highest BCUT2D eigenvalue weighted by molar-refractivity contribution is 5.25. The van der Waals surface area contributed by atoms with Gasteiger partial charge in [0.1, 0.15) is 0 Å². The number of benzene rings is 1. The van der Waals surface area contributed by atoms with Crippen molar-refractivity contribution in [1.29, 1.82) is 0 Å². The average molecular weight is 337 g/mol. The third-order valence-electron chi connectivity index (χ3n) is 5.51. The fourth-order valence-electron chi connectivity index (χ4n) is 4.14. The Hall–Kier alpha value is -1.94. The van der Waals surface area contributed by atoms with Gasteiger partial charge in [-0.3, -0.25) is 14.3 Å². The van der Waals surface area contributed by atoms with Gasteiger partial charge in [0.25, 0.3) is 5.56 Å². The van der Waals surface area contributed by atoms with Gasteiger partial charge in [0.15, 0.2) is 0 Å². The maximum Gasteiger partial charge on any atom is 0.257 e. The number of hydrogen-bond donors (Lipinski definition) is 0. The van der Waals surface area contributed by atoms with E-state index in [1.165, 1.54) is 43.5 Å². The van der Waals surface area contributed by atoms with Crippen LogP contribution in [0.15, 0.2) is 35.4 Å². The van der Waals surface area contributed by atoms with Crippen LogP contribution in [0.25, 0.3) is 0 Å². The lowest BCUT2D eigenvalue weighted by Crippen LogP contribution is -2.29. The van der Waals surface area contributed by atoms with Gasteiger partial charge in [0.05, 0.1) is 18.6 Å². The van der Waals surface area contributed by atoms with E-state index in [2.05, 4.69) is 34.1 Å². The number of aryl methyl sites for hydroxylation is 1. The Morgan fingerprint density at radius 1 is 0.920 bits per heavy atom. The molecule has 0 atom stereocenters. The normalized spacial score (nSPS) is 18.1. The van der Waals surface area contributed by atoms with Gasteiger partial charge < -0.3 is 0 Å².